The number of carbonyl (C=O) groups excluding carboxylic acids is 1. The van der Waals surface area contributed by atoms with E-state index in [1.807, 2.05) is 50.3 Å². The summed E-state index contributed by atoms with van der Waals surface area (Å²) in [6.07, 6.45) is 3.42. The van der Waals surface area contributed by atoms with Gasteiger partial charge in [0.15, 0.2) is 0 Å². The SMILES string of the molecule is Cc1cccc(C)c1NC(=O)/C=C/c1ccc(C(C)(C)C)cc1. The van der Waals surface area contributed by atoms with Gasteiger partial charge in [0.05, 0.1) is 0 Å². The second kappa shape index (κ2) is 6.82. The van der Waals surface area contributed by atoms with Gasteiger partial charge in [-0.15, -0.1) is 0 Å². The average Bonchev–Trinajstić information content (AvgIpc) is 2.48. The normalized spacial score (nSPS) is 11.7. The Balaban J connectivity index is 2.07. The van der Waals surface area contributed by atoms with Gasteiger partial charge in [-0.1, -0.05) is 63.2 Å². The summed E-state index contributed by atoms with van der Waals surface area (Å²) in [5.74, 6) is -0.109. The number of rotatable bonds is 3. The van der Waals surface area contributed by atoms with E-state index < -0.39 is 0 Å². The third kappa shape index (κ3) is 4.56. The molecule has 1 amide bonds. The number of nitrogens with one attached hydrogen (secondary N) is 1. The molecule has 0 spiro atoms. The van der Waals surface area contributed by atoms with Crippen molar-refractivity contribution >= 4 is 17.7 Å². The van der Waals surface area contributed by atoms with Gasteiger partial charge >= 0.3 is 0 Å². The Hall–Kier alpha value is -2.35. The fourth-order valence-corrected chi connectivity index (χ4v) is 2.44. The number of amides is 1. The second-order valence-corrected chi connectivity index (χ2v) is 6.96. The number of para-hydroxylation sites is 1. The Labute approximate surface area is 139 Å². The zero-order valence-electron chi connectivity index (χ0n) is 14.6. The largest absolute Gasteiger partial charge is 0.322 e. The maximum absolute atomic E-state index is 12.1. The Morgan fingerprint density at radius 1 is 0.957 bits per heavy atom. The van der Waals surface area contributed by atoms with Gasteiger partial charge in [0.1, 0.15) is 0 Å². The Morgan fingerprint density at radius 3 is 2.04 bits per heavy atom. The molecule has 0 bridgehead atoms. The molecule has 2 nitrogen and oxygen atoms in total. The fraction of sp³-hybridized carbons (Fsp3) is 0.286. The smallest absolute Gasteiger partial charge is 0.248 e. The van der Waals surface area contributed by atoms with Gasteiger partial charge in [-0.25, -0.2) is 0 Å². The van der Waals surface area contributed by atoms with Crippen LogP contribution >= 0.6 is 0 Å². The molecular weight excluding hydrogens is 282 g/mol. The van der Waals surface area contributed by atoms with Crippen molar-refractivity contribution in [2.75, 3.05) is 5.32 Å². The maximum atomic E-state index is 12.1. The average molecular weight is 307 g/mol. The molecule has 2 heteroatoms. The van der Waals surface area contributed by atoms with Crippen LogP contribution in [0.5, 0.6) is 0 Å². The lowest BCUT2D eigenvalue weighted by Crippen LogP contribution is -2.11. The minimum absolute atomic E-state index is 0.109. The van der Waals surface area contributed by atoms with Gasteiger partial charge in [-0.3, -0.25) is 4.79 Å². The van der Waals surface area contributed by atoms with Crippen molar-refractivity contribution in [2.24, 2.45) is 0 Å². The molecule has 2 rings (SSSR count). The zero-order valence-corrected chi connectivity index (χ0v) is 14.6. The number of anilines is 1. The van der Waals surface area contributed by atoms with Gasteiger partial charge in [0.2, 0.25) is 5.91 Å². The first-order chi connectivity index (χ1) is 10.8. The lowest BCUT2D eigenvalue weighted by Gasteiger charge is -2.18. The highest BCUT2D eigenvalue weighted by Gasteiger charge is 2.12. The zero-order chi connectivity index (χ0) is 17.0. The van der Waals surface area contributed by atoms with Crippen LogP contribution in [0.4, 0.5) is 5.69 Å². The molecule has 0 aromatic heterocycles. The monoisotopic (exact) mass is 307 g/mol. The molecule has 0 radical (unpaired) electrons. The number of hydrogen-bond donors (Lipinski definition) is 1. The number of hydrogen-bond acceptors (Lipinski definition) is 1. The predicted molar refractivity (Wildman–Crippen MR) is 98.7 cm³/mol. The molecule has 23 heavy (non-hydrogen) atoms. The van der Waals surface area contributed by atoms with Gasteiger partial charge in [-0.2, -0.15) is 0 Å². The molecule has 2 aromatic carbocycles. The first-order valence-electron chi connectivity index (χ1n) is 7.93. The minimum atomic E-state index is -0.109. The van der Waals surface area contributed by atoms with E-state index in [-0.39, 0.29) is 11.3 Å². The van der Waals surface area contributed by atoms with Crippen LogP contribution in [-0.2, 0) is 10.2 Å². The molecule has 0 unspecified atom stereocenters. The van der Waals surface area contributed by atoms with E-state index in [2.05, 4.69) is 38.2 Å². The number of aryl methyl sites for hydroxylation is 2. The third-order valence-electron chi connectivity index (χ3n) is 3.93. The standard InChI is InChI=1S/C21H25NO/c1-15-7-6-8-16(2)20(15)22-19(23)14-11-17-9-12-18(13-10-17)21(3,4)5/h6-14H,1-5H3,(H,22,23)/b14-11+. The van der Waals surface area contributed by atoms with E-state index in [1.54, 1.807) is 6.08 Å². The minimum Gasteiger partial charge on any atom is -0.322 e. The molecule has 0 aliphatic carbocycles. The summed E-state index contributed by atoms with van der Waals surface area (Å²) in [6, 6.07) is 14.3. The topological polar surface area (TPSA) is 29.1 Å². The van der Waals surface area contributed by atoms with Gasteiger partial charge in [0.25, 0.3) is 0 Å². The fourth-order valence-electron chi connectivity index (χ4n) is 2.44. The van der Waals surface area contributed by atoms with E-state index in [0.717, 1.165) is 22.4 Å². The van der Waals surface area contributed by atoms with Crippen LogP contribution in [0.25, 0.3) is 6.08 Å². The summed E-state index contributed by atoms with van der Waals surface area (Å²) >= 11 is 0. The van der Waals surface area contributed by atoms with E-state index in [0.29, 0.717) is 0 Å². The second-order valence-electron chi connectivity index (χ2n) is 6.96. The third-order valence-corrected chi connectivity index (χ3v) is 3.93. The summed E-state index contributed by atoms with van der Waals surface area (Å²) in [4.78, 5) is 12.1. The van der Waals surface area contributed by atoms with Crippen molar-refractivity contribution in [2.45, 2.75) is 40.0 Å². The van der Waals surface area contributed by atoms with Crippen molar-refractivity contribution in [1.82, 2.24) is 0 Å². The highest BCUT2D eigenvalue weighted by atomic mass is 16.1. The molecular formula is C21H25NO. The molecule has 0 saturated carbocycles. The van der Waals surface area contributed by atoms with Crippen molar-refractivity contribution < 1.29 is 4.79 Å². The molecule has 0 aliphatic rings. The van der Waals surface area contributed by atoms with E-state index in [9.17, 15) is 4.79 Å². The van der Waals surface area contributed by atoms with Crippen molar-refractivity contribution in [3.63, 3.8) is 0 Å². The maximum Gasteiger partial charge on any atom is 0.248 e. The van der Waals surface area contributed by atoms with E-state index >= 15 is 0 Å². The highest BCUT2D eigenvalue weighted by Crippen LogP contribution is 2.22. The van der Waals surface area contributed by atoms with Crippen molar-refractivity contribution in [1.29, 1.82) is 0 Å². The number of benzene rings is 2. The molecule has 1 N–H and O–H groups in total. The van der Waals surface area contributed by atoms with E-state index in [4.69, 9.17) is 0 Å². The van der Waals surface area contributed by atoms with Crippen LogP contribution in [0, 0.1) is 13.8 Å². The molecule has 0 aliphatic heterocycles. The van der Waals surface area contributed by atoms with Crippen molar-refractivity contribution in [3.05, 3.63) is 70.8 Å². The van der Waals surface area contributed by atoms with Gasteiger partial charge in [-0.05, 0) is 47.6 Å². The summed E-state index contributed by atoms with van der Waals surface area (Å²) in [5, 5.41) is 2.96. The van der Waals surface area contributed by atoms with Gasteiger partial charge < -0.3 is 5.32 Å². The van der Waals surface area contributed by atoms with Crippen LogP contribution in [0.1, 0.15) is 43.0 Å². The molecule has 0 heterocycles. The highest BCUT2D eigenvalue weighted by molar-refractivity contribution is 6.02. The van der Waals surface area contributed by atoms with Crippen LogP contribution in [-0.4, -0.2) is 5.91 Å². The predicted octanol–water partition coefficient (Wildman–Crippen LogP) is 5.25. The summed E-state index contributed by atoms with van der Waals surface area (Å²) < 4.78 is 0. The molecule has 2 aromatic rings. The Bertz CT molecular complexity index is 698. The summed E-state index contributed by atoms with van der Waals surface area (Å²) in [7, 11) is 0. The number of carbonyl (C=O) groups is 1. The lowest BCUT2D eigenvalue weighted by atomic mass is 9.87. The van der Waals surface area contributed by atoms with Crippen LogP contribution in [0.2, 0.25) is 0 Å². The van der Waals surface area contributed by atoms with Crippen LogP contribution in [0.15, 0.2) is 48.5 Å². The molecule has 0 fully saturated rings. The van der Waals surface area contributed by atoms with Crippen LogP contribution in [0.3, 0.4) is 0 Å². The molecule has 120 valence electrons. The van der Waals surface area contributed by atoms with Crippen LogP contribution < -0.4 is 5.32 Å². The van der Waals surface area contributed by atoms with Gasteiger partial charge in [0, 0.05) is 11.8 Å². The molecule has 0 saturated heterocycles. The Morgan fingerprint density at radius 2 is 1.52 bits per heavy atom. The van der Waals surface area contributed by atoms with Crippen molar-refractivity contribution in [3.8, 4) is 0 Å². The summed E-state index contributed by atoms with van der Waals surface area (Å²) in [5.41, 5.74) is 5.49. The lowest BCUT2D eigenvalue weighted by molar-refractivity contribution is -0.111. The van der Waals surface area contributed by atoms with E-state index in [1.165, 1.54) is 5.56 Å². The first kappa shape index (κ1) is 17.0. The first-order valence-corrected chi connectivity index (χ1v) is 7.93. The molecule has 0 atom stereocenters. The Kier molecular flexibility index (Phi) is 5.05. The summed E-state index contributed by atoms with van der Waals surface area (Å²) in [6.45, 7) is 10.6. The quantitative estimate of drug-likeness (QED) is 0.771.